The molecule has 0 bridgehead atoms. The van der Waals surface area contributed by atoms with Crippen LogP contribution in [0.3, 0.4) is 0 Å². The highest BCUT2D eigenvalue weighted by Gasteiger charge is 2.25. The van der Waals surface area contributed by atoms with Crippen molar-refractivity contribution in [2.75, 3.05) is 11.4 Å². The van der Waals surface area contributed by atoms with Crippen molar-refractivity contribution in [1.29, 1.82) is 0 Å². The lowest BCUT2D eigenvalue weighted by Crippen LogP contribution is -2.31. The van der Waals surface area contributed by atoms with Gasteiger partial charge in [-0.25, -0.2) is 4.79 Å². The SMILES string of the molecule is CC1=CC(OC=C2CCCCN(c3ccccc3)C2=O)OC1=O. The molecule has 1 saturated heterocycles. The summed E-state index contributed by atoms with van der Waals surface area (Å²) in [6, 6.07) is 9.60. The fourth-order valence-electron chi connectivity index (χ4n) is 2.65. The highest BCUT2D eigenvalue weighted by Crippen LogP contribution is 2.24. The Morgan fingerprint density at radius 1 is 1.22 bits per heavy atom. The van der Waals surface area contributed by atoms with Crippen molar-refractivity contribution < 1.29 is 19.1 Å². The van der Waals surface area contributed by atoms with Gasteiger partial charge >= 0.3 is 5.97 Å². The second kappa shape index (κ2) is 6.69. The van der Waals surface area contributed by atoms with Crippen LogP contribution in [0.1, 0.15) is 26.2 Å². The Labute approximate surface area is 135 Å². The third-order valence-corrected chi connectivity index (χ3v) is 3.94. The van der Waals surface area contributed by atoms with Crippen molar-refractivity contribution in [2.45, 2.75) is 32.5 Å². The van der Waals surface area contributed by atoms with E-state index in [2.05, 4.69) is 0 Å². The van der Waals surface area contributed by atoms with Crippen LogP contribution < -0.4 is 4.90 Å². The minimum absolute atomic E-state index is 0.0567. The largest absolute Gasteiger partial charge is 0.458 e. The van der Waals surface area contributed by atoms with Crippen molar-refractivity contribution in [3.8, 4) is 0 Å². The van der Waals surface area contributed by atoms with Crippen LogP contribution in [0.2, 0.25) is 0 Å². The number of amides is 1. The van der Waals surface area contributed by atoms with Gasteiger partial charge in [0.2, 0.25) is 0 Å². The van der Waals surface area contributed by atoms with Crippen molar-refractivity contribution in [2.24, 2.45) is 0 Å². The average molecular weight is 313 g/mol. The lowest BCUT2D eigenvalue weighted by atomic mass is 10.1. The summed E-state index contributed by atoms with van der Waals surface area (Å²) in [5, 5.41) is 0. The molecular formula is C18H19NO4. The molecule has 1 aromatic rings. The second-order valence-corrected chi connectivity index (χ2v) is 5.65. The van der Waals surface area contributed by atoms with E-state index in [9.17, 15) is 9.59 Å². The first-order chi connectivity index (χ1) is 11.1. The van der Waals surface area contributed by atoms with Crippen molar-refractivity contribution in [3.05, 3.63) is 53.8 Å². The molecule has 1 unspecified atom stereocenters. The minimum atomic E-state index is -0.740. The van der Waals surface area contributed by atoms with E-state index in [0.29, 0.717) is 24.1 Å². The van der Waals surface area contributed by atoms with Crippen molar-refractivity contribution >= 4 is 17.6 Å². The molecule has 1 aromatic carbocycles. The van der Waals surface area contributed by atoms with Gasteiger partial charge in [-0.15, -0.1) is 0 Å². The first kappa shape index (κ1) is 15.3. The highest BCUT2D eigenvalue weighted by molar-refractivity contribution is 6.05. The van der Waals surface area contributed by atoms with Crippen molar-refractivity contribution in [1.82, 2.24) is 0 Å². The molecule has 0 radical (unpaired) electrons. The number of anilines is 1. The normalized spacial score (nSPS) is 23.5. The summed E-state index contributed by atoms with van der Waals surface area (Å²) < 4.78 is 10.5. The first-order valence-electron chi connectivity index (χ1n) is 7.76. The van der Waals surface area contributed by atoms with Crippen LogP contribution in [0.25, 0.3) is 0 Å². The first-order valence-corrected chi connectivity index (χ1v) is 7.76. The van der Waals surface area contributed by atoms with Gasteiger partial charge in [0.15, 0.2) is 0 Å². The molecule has 0 N–H and O–H groups in total. The third kappa shape index (κ3) is 3.44. The zero-order valence-electron chi connectivity index (χ0n) is 13.0. The number of hydrogen-bond donors (Lipinski definition) is 0. The van der Waals surface area contributed by atoms with Gasteiger partial charge in [-0.1, -0.05) is 18.2 Å². The van der Waals surface area contributed by atoms with Gasteiger partial charge in [0.05, 0.1) is 11.8 Å². The number of ether oxygens (including phenoxy) is 2. The number of cyclic esters (lactones) is 1. The van der Waals surface area contributed by atoms with Gasteiger partial charge in [-0.3, -0.25) is 4.79 Å². The molecule has 1 atom stereocenters. The van der Waals surface area contributed by atoms with Gasteiger partial charge in [-0.2, -0.15) is 0 Å². The summed E-state index contributed by atoms with van der Waals surface area (Å²) >= 11 is 0. The third-order valence-electron chi connectivity index (χ3n) is 3.94. The molecule has 23 heavy (non-hydrogen) atoms. The summed E-state index contributed by atoms with van der Waals surface area (Å²) in [6.07, 6.45) is 4.83. The molecule has 0 spiro atoms. The van der Waals surface area contributed by atoms with E-state index < -0.39 is 6.29 Å². The van der Waals surface area contributed by atoms with E-state index in [-0.39, 0.29) is 11.9 Å². The molecule has 2 aliphatic heterocycles. The monoisotopic (exact) mass is 313 g/mol. The molecule has 2 aliphatic rings. The van der Waals surface area contributed by atoms with E-state index in [0.717, 1.165) is 18.5 Å². The van der Waals surface area contributed by atoms with E-state index in [4.69, 9.17) is 9.47 Å². The minimum Gasteiger partial charge on any atom is -0.458 e. The Hall–Kier alpha value is -2.56. The van der Waals surface area contributed by atoms with Crippen LogP contribution in [-0.2, 0) is 19.1 Å². The maximum atomic E-state index is 12.7. The number of rotatable bonds is 3. The molecule has 0 aromatic heterocycles. The maximum Gasteiger partial charge on any atom is 0.336 e. The summed E-state index contributed by atoms with van der Waals surface area (Å²) in [6.45, 7) is 2.37. The summed E-state index contributed by atoms with van der Waals surface area (Å²) in [7, 11) is 0. The molecule has 0 saturated carbocycles. The Balaban J connectivity index is 1.75. The van der Waals surface area contributed by atoms with E-state index in [1.165, 1.54) is 6.26 Å². The van der Waals surface area contributed by atoms with Gasteiger partial charge < -0.3 is 14.4 Å². The number of benzene rings is 1. The quantitative estimate of drug-likeness (QED) is 0.489. The standard InChI is InChI=1S/C18H19NO4/c1-13-11-16(23-18(13)21)22-12-14-7-5-6-10-19(17(14)20)15-8-3-2-4-9-15/h2-4,8-9,11-12,16H,5-7,10H2,1H3. The molecule has 1 fully saturated rings. The molecular weight excluding hydrogens is 294 g/mol. The Bertz CT molecular complexity index is 663. The number of carbonyl (C=O) groups excluding carboxylic acids is 2. The van der Waals surface area contributed by atoms with E-state index in [1.807, 2.05) is 30.3 Å². The zero-order valence-corrected chi connectivity index (χ0v) is 13.0. The summed E-state index contributed by atoms with van der Waals surface area (Å²) in [5.74, 6) is -0.440. The van der Waals surface area contributed by atoms with Crippen LogP contribution in [-0.4, -0.2) is 24.7 Å². The second-order valence-electron chi connectivity index (χ2n) is 5.65. The Morgan fingerprint density at radius 3 is 2.70 bits per heavy atom. The molecule has 5 nitrogen and oxygen atoms in total. The molecule has 1 amide bonds. The Morgan fingerprint density at radius 2 is 2.00 bits per heavy atom. The van der Waals surface area contributed by atoms with Gasteiger partial charge in [0, 0.05) is 23.9 Å². The number of hydrogen-bond acceptors (Lipinski definition) is 4. The van der Waals surface area contributed by atoms with Gasteiger partial charge in [-0.05, 0) is 38.3 Å². The predicted molar refractivity (Wildman–Crippen MR) is 85.5 cm³/mol. The smallest absolute Gasteiger partial charge is 0.336 e. The molecule has 0 aliphatic carbocycles. The number of esters is 1. The number of carbonyl (C=O) groups is 2. The topological polar surface area (TPSA) is 55.8 Å². The Kier molecular flexibility index (Phi) is 4.46. The fourth-order valence-corrected chi connectivity index (χ4v) is 2.65. The van der Waals surface area contributed by atoms with Gasteiger partial charge in [0.25, 0.3) is 12.2 Å². The summed E-state index contributed by atoms with van der Waals surface area (Å²) in [5.41, 5.74) is 2.00. The zero-order chi connectivity index (χ0) is 16.2. The lowest BCUT2D eigenvalue weighted by molar-refractivity contribution is -0.152. The highest BCUT2D eigenvalue weighted by atomic mass is 16.7. The molecule has 2 heterocycles. The number of nitrogens with zero attached hydrogens (tertiary/aromatic N) is 1. The average Bonchev–Trinajstić information content (AvgIpc) is 2.77. The molecule has 120 valence electrons. The predicted octanol–water partition coefficient (Wildman–Crippen LogP) is 2.93. The fraction of sp³-hybridized carbons (Fsp3) is 0.333. The van der Waals surface area contributed by atoms with Crippen LogP contribution >= 0.6 is 0 Å². The van der Waals surface area contributed by atoms with Crippen molar-refractivity contribution in [3.63, 3.8) is 0 Å². The van der Waals surface area contributed by atoms with Gasteiger partial charge in [0.1, 0.15) is 0 Å². The maximum absolute atomic E-state index is 12.7. The molecule has 3 rings (SSSR count). The molecule has 5 heteroatoms. The van der Waals surface area contributed by atoms with Crippen LogP contribution in [0, 0.1) is 0 Å². The van der Waals surface area contributed by atoms with E-state index >= 15 is 0 Å². The van der Waals surface area contributed by atoms with E-state index in [1.54, 1.807) is 17.9 Å². The summed E-state index contributed by atoms with van der Waals surface area (Å²) in [4.78, 5) is 25.8. The van der Waals surface area contributed by atoms with Crippen LogP contribution in [0.4, 0.5) is 5.69 Å². The number of para-hydroxylation sites is 1. The lowest BCUT2D eigenvalue weighted by Gasteiger charge is -2.21. The van der Waals surface area contributed by atoms with Crippen LogP contribution in [0.15, 0.2) is 53.8 Å². The van der Waals surface area contributed by atoms with Crippen LogP contribution in [0.5, 0.6) is 0 Å².